The smallest absolute Gasteiger partial charge is 0.251 e. The molecule has 0 saturated heterocycles. The number of amides is 2. The van der Waals surface area contributed by atoms with Gasteiger partial charge in [-0.15, -0.1) is 11.3 Å². The highest BCUT2D eigenvalue weighted by Crippen LogP contribution is 2.25. The number of methoxy groups -OCH3 is 1. The molecule has 3 rings (SSSR count). The van der Waals surface area contributed by atoms with Crippen molar-refractivity contribution in [1.29, 1.82) is 0 Å². The van der Waals surface area contributed by atoms with Crippen molar-refractivity contribution in [2.45, 2.75) is 39.3 Å². The van der Waals surface area contributed by atoms with Crippen LogP contribution in [0.4, 0.5) is 0 Å². The van der Waals surface area contributed by atoms with Crippen LogP contribution in [0.25, 0.3) is 0 Å². The molecular weight excluding hydrogens is 424 g/mol. The van der Waals surface area contributed by atoms with Crippen molar-refractivity contribution in [1.82, 2.24) is 10.2 Å². The number of thiophene rings is 1. The van der Waals surface area contributed by atoms with E-state index in [1.165, 1.54) is 17.6 Å². The first-order chi connectivity index (χ1) is 15.5. The van der Waals surface area contributed by atoms with Gasteiger partial charge in [-0.3, -0.25) is 9.59 Å². The number of carbonyl (C=O) groups excluding carboxylic acids is 2. The Morgan fingerprint density at radius 2 is 1.91 bits per heavy atom. The van der Waals surface area contributed by atoms with Crippen LogP contribution in [0.1, 0.15) is 42.5 Å². The Labute approximate surface area is 193 Å². The SMILES string of the molecule is COc1ccc(CNC(=O)C(c2ccco2)N(CCC(C)C)C(=O)Cc2cccs2)cc1. The topological polar surface area (TPSA) is 71.8 Å². The number of carbonyl (C=O) groups is 2. The van der Waals surface area contributed by atoms with Gasteiger partial charge in [0.05, 0.1) is 19.8 Å². The Morgan fingerprint density at radius 1 is 1.12 bits per heavy atom. The van der Waals surface area contributed by atoms with Gasteiger partial charge in [-0.2, -0.15) is 0 Å². The molecule has 0 bridgehead atoms. The number of furan rings is 1. The van der Waals surface area contributed by atoms with E-state index >= 15 is 0 Å². The monoisotopic (exact) mass is 454 g/mol. The first kappa shape index (κ1) is 23.6. The van der Waals surface area contributed by atoms with Crippen LogP contribution in [0.5, 0.6) is 5.75 Å². The Kier molecular flexibility index (Phi) is 8.50. The Hall–Kier alpha value is -3.06. The lowest BCUT2D eigenvalue weighted by Crippen LogP contribution is -2.44. The lowest BCUT2D eigenvalue weighted by atomic mass is 10.1. The van der Waals surface area contributed by atoms with Crippen molar-refractivity contribution in [2.24, 2.45) is 5.92 Å². The number of ether oxygens (including phenoxy) is 1. The molecule has 0 spiro atoms. The van der Waals surface area contributed by atoms with Crippen LogP contribution in [0, 0.1) is 5.92 Å². The maximum absolute atomic E-state index is 13.3. The van der Waals surface area contributed by atoms with Crippen LogP contribution < -0.4 is 10.1 Å². The van der Waals surface area contributed by atoms with Gasteiger partial charge in [-0.25, -0.2) is 0 Å². The lowest BCUT2D eigenvalue weighted by molar-refractivity contribution is -0.141. The summed E-state index contributed by atoms with van der Waals surface area (Å²) >= 11 is 1.54. The molecule has 0 aliphatic rings. The molecule has 0 radical (unpaired) electrons. The van der Waals surface area contributed by atoms with Gasteiger partial charge in [0.2, 0.25) is 5.91 Å². The molecular formula is C25H30N2O4S. The molecule has 6 nitrogen and oxygen atoms in total. The van der Waals surface area contributed by atoms with Gasteiger partial charge in [-0.05, 0) is 53.6 Å². The molecule has 1 atom stereocenters. The second-order valence-electron chi connectivity index (χ2n) is 8.01. The molecule has 0 aliphatic carbocycles. The average molecular weight is 455 g/mol. The third-order valence-electron chi connectivity index (χ3n) is 5.17. The predicted octanol–water partition coefficient (Wildman–Crippen LogP) is 4.82. The van der Waals surface area contributed by atoms with E-state index < -0.39 is 6.04 Å². The fourth-order valence-electron chi connectivity index (χ4n) is 3.36. The number of hydrogen-bond acceptors (Lipinski definition) is 5. The van der Waals surface area contributed by atoms with E-state index in [1.54, 1.807) is 24.1 Å². The largest absolute Gasteiger partial charge is 0.497 e. The molecule has 2 heterocycles. The normalized spacial score (nSPS) is 11.9. The van der Waals surface area contributed by atoms with Crippen LogP contribution in [-0.2, 0) is 22.6 Å². The molecule has 1 aromatic carbocycles. The minimum Gasteiger partial charge on any atom is -0.497 e. The molecule has 1 N–H and O–H groups in total. The van der Waals surface area contributed by atoms with Crippen molar-refractivity contribution in [3.63, 3.8) is 0 Å². The summed E-state index contributed by atoms with van der Waals surface area (Å²) in [6.07, 6.45) is 2.58. The number of hydrogen-bond donors (Lipinski definition) is 1. The summed E-state index contributed by atoms with van der Waals surface area (Å²) in [5, 5.41) is 4.93. The zero-order valence-corrected chi connectivity index (χ0v) is 19.6. The van der Waals surface area contributed by atoms with Crippen LogP contribution in [0.3, 0.4) is 0 Å². The average Bonchev–Trinajstić information content (AvgIpc) is 3.49. The summed E-state index contributed by atoms with van der Waals surface area (Å²) in [6.45, 7) is 5.03. The van der Waals surface area contributed by atoms with Crippen LogP contribution >= 0.6 is 11.3 Å². The Morgan fingerprint density at radius 3 is 2.50 bits per heavy atom. The molecule has 0 saturated carbocycles. The van der Waals surface area contributed by atoms with E-state index in [-0.39, 0.29) is 18.2 Å². The summed E-state index contributed by atoms with van der Waals surface area (Å²) in [5.41, 5.74) is 0.941. The van der Waals surface area contributed by atoms with Gasteiger partial charge in [0.1, 0.15) is 11.5 Å². The fraction of sp³-hybridized carbons (Fsp3) is 0.360. The number of benzene rings is 1. The highest BCUT2D eigenvalue weighted by Gasteiger charge is 2.33. The Balaban J connectivity index is 1.80. The Bertz CT molecular complexity index is 966. The molecule has 3 aromatic rings. The molecule has 2 amide bonds. The third kappa shape index (κ3) is 6.47. The summed E-state index contributed by atoms with van der Waals surface area (Å²) in [6, 6.07) is 14.0. The molecule has 1 unspecified atom stereocenters. The minimum atomic E-state index is -0.825. The molecule has 7 heteroatoms. The number of nitrogens with one attached hydrogen (secondary N) is 1. The second kappa shape index (κ2) is 11.5. The van der Waals surface area contributed by atoms with Crippen LogP contribution in [-0.4, -0.2) is 30.4 Å². The van der Waals surface area contributed by atoms with Gasteiger partial charge in [0, 0.05) is 18.0 Å². The van der Waals surface area contributed by atoms with Gasteiger partial charge in [-0.1, -0.05) is 32.0 Å². The number of rotatable bonds is 11. The van der Waals surface area contributed by atoms with Crippen LogP contribution in [0.2, 0.25) is 0 Å². The van der Waals surface area contributed by atoms with E-state index in [1.807, 2.05) is 41.8 Å². The van der Waals surface area contributed by atoms with Gasteiger partial charge >= 0.3 is 0 Å². The third-order valence-corrected chi connectivity index (χ3v) is 6.05. The minimum absolute atomic E-state index is 0.0888. The quantitative estimate of drug-likeness (QED) is 0.451. The standard InChI is InChI=1S/C25H30N2O4S/c1-18(2)12-13-27(23(28)16-21-6-5-15-32-21)24(22-7-4-14-31-22)25(29)26-17-19-8-10-20(30-3)11-9-19/h4-11,14-15,18,24H,12-13,16-17H2,1-3H3,(H,26,29). The van der Waals surface area contributed by atoms with Gasteiger partial charge < -0.3 is 19.4 Å². The van der Waals surface area contributed by atoms with E-state index in [0.29, 0.717) is 24.8 Å². The van der Waals surface area contributed by atoms with Crippen molar-refractivity contribution < 1.29 is 18.7 Å². The van der Waals surface area contributed by atoms with Crippen molar-refractivity contribution in [3.8, 4) is 5.75 Å². The van der Waals surface area contributed by atoms with Gasteiger partial charge in [0.25, 0.3) is 5.91 Å². The second-order valence-corrected chi connectivity index (χ2v) is 9.04. The highest BCUT2D eigenvalue weighted by atomic mass is 32.1. The summed E-state index contributed by atoms with van der Waals surface area (Å²) in [7, 11) is 1.61. The van der Waals surface area contributed by atoms with Crippen LogP contribution in [0.15, 0.2) is 64.6 Å². The first-order valence-electron chi connectivity index (χ1n) is 10.7. The van der Waals surface area contributed by atoms with Crippen molar-refractivity contribution >= 4 is 23.2 Å². The summed E-state index contributed by atoms with van der Waals surface area (Å²) < 4.78 is 10.8. The summed E-state index contributed by atoms with van der Waals surface area (Å²) in [5.74, 6) is 1.26. The predicted molar refractivity (Wildman–Crippen MR) is 125 cm³/mol. The van der Waals surface area contributed by atoms with Gasteiger partial charge in [0.15, 0.2) is 6.04 Å². The fourth-order valence-corrected chi connectivity index (χ4v) is 4.06. The zero-order chi connectivity index (χ0) is 22.9. The molecule has 170 valence electrons. The number of nitrogens with zero attached hydrogens (tertiary/aromatic N) is 1. The van der Waals surface area contributed by atoms with E-state index in [0.717, 1.165) is 22.6 Å². The highest BCUT2D eigenvalue weighted by molar-refractivity contribution is 7.10. The van der Waals surface area contributed by atoms with Crippen molar-refractivity contribution in [2.75, 3.05) is 13.7 Å². The maximum atomic E-state index is 13.3. The van der Waals surface area contributed by atoms with E-state index in [2.05, 4.69) is 19.2 Å². The zero-order valence-electron chi connectivity index (χ0n) is 18.7. The molecule has 0 fully saturated rings. The first-order valence-corrected chi connectivity index (χ1v) is 11.6. The lowest BCUT2D eigenvalue weighted by Gasteiger charge is -2.30. The molecule has 2 aromatic heterocycles. The summed E-state index contributed by atoms with van der Waals surface area (Å²) in [4.78, 5) is 29.3. The van der Waals surface area contributed by atoms with E-state index in [4.69, 9.17) is 9.15 Å². The molecule has 32 heavy (non-hydrogen) atoms. The van der Waals surface area contributed by atoms with E-state index in [9.17, 15) is 9.59 Å². The van der Waals surface area contributed by atoms with Crippen molar-refractivity contribution in [3.05, 3.63) is 76.4 Å². The molecule has 0 aliphatic heterocycles. The maximum Gasteiger partial charge on any atom is 0.251 e.